The van der Waals surface area contributed by atoms with Crippen LogP contribution in [0.5, 0.6) is 0 Å². The van der Waals surface area contributed by atoms with Crippen molar-refractivity contribution in [3.63, 3.8) is 0 Å². The van der Waals surface area contributed by atoms with Crippen LogP contribution in [-0.4, -0.2) is 59.7 Å². The van der Waals surface area contributed by atoms with Crippen molar-refractivity contribution in [3.8, 4) is 0 Å². The van der Waals surface area contributed by atoms with Gasteiger partial charge in [0.05, 0.1) is 0 Å². The van der Waals surface area contributed by atoms with E-state index in [1.807, 2.05) is 32.0 Å². The Hall–Kier alpha value is -2.37. The van der Waals surface area contributed by atoms with Gasteiger partial charge in [0.25, 0.3) is 5.91 Å². The van der Waals surface area contributed by atoms with Crippen LogP contribution in [0.15, 0.2) is 30.3 Å². The third-order valence-corrected chi connectivity index (χ3v) is 5.12. The van der Waals surface area contributed by atoms with Gasteiger partial charge >= 0.3 is 0 Å². The van der Waals surface area contributed by atoms with E-state index in [0.29, 0.717) is 44.6 Å². The third kappa shape index (κ3) is 4.84. The predicted octanol–water partition coefficient (Wildman–Crippen LogP) is 1.91. The first-order valence-electron chi connectivity index (χ1n) is 9.38. The second kappa shape index (κ2) is 9.36. The number of hydrogen-bond acceptors (Lipinski definition) is 3. The van der Waals surface area contributed by atoms with Gasteiger partial charge in [-0.25, -0.2) is 0 Å². The first-order valence-corrected chi connectivity index (χ1v) is 9.38. The molecule has 3 amide bonds. The third-order valence-electron chi connectivity index (χ3n) is 5.12. The highest BCUT2D eigenvalue weighted by molar-refractivity contribution is 5.97. The standard InChI is InChI=1S/C20H29N3O3/c1-4-22(5-2)20(26)18(16-11-13-23(14-12-16)15(3)24)21-19(25)17-9-7-6-8-10-17/h6-10,16,18H,4-5,11-14H2,1-3H3,(H,21,25). The summed E-state index contributed by atoms with van der Waals surface area (Å²) in [6.45, 7) is 7.92. The van der Waals surface area contributed by atoms with Crippen LogP contribution in [0.1, 0.15) is 44.0 Å². The fourth-order valence-electron chi connectivity index (χ4n) is 3.47. The van der Waals surface area contributed by atoms with E-state index >= 15 is 0 Å². The molecule has 1 atom stereocenters. The second-order valence-electron chi connectivity index (χ2n) is 6.67. The normalized spacial score (nSPS) is 16.0. The van der Waals surface area contributed by atoms with Gasteiger partial charge in [0.15, 0.2) is 0 Å². The molecule has 6 heteroatoms. The molecule has 0 spiro atoms. The van der Waals surface area contributed by atoms with Crippen LogP contribution in [0, 0.1) is 5.92 Å². The molecule has 1 N–H and O–H groups in total. The summed E-state index contributed by atoms with van der Waals surface area (Å²) in [6.07, 6.45) is 1.43. The molecule has 2 rings (SSSR count). The monoisotopic (exact) mass is 359 g/mol. The van der Waals surface area contributed by atoms with Gasteiger partial charge in [-0.2, -0.15) is 0 Å². The Morgan fingerprint density at radius 3 is 2.19 bits per heavy atom. The number of nitrogens with one attached hydrogen (secondary N) is 1. The first kappa shape index (κ1) is 19.9. The molecule has 1 fully saturated rings. The van der Waals surface area contributed by atoms with Crippen molar-refractivity contribution in [2.24, 2.45) is 5.92 Å². The van der Waals surface area contributed by atoms with Gasteiger partial charge in [0, 0.05) is 38.7 Å². The Balaban J connectivity index is 2.15. The number of amides is 3. The maximum absolute atomic E-state index is 13.0. The molecule has 0 bridgehead atoms. The molecular weight excluding hydrogens is 330 g/mol. The van der Waals surface area contributed by atoms with E-state index in [1.165, 1.54) is 0 Å². The topological polar surface area (TPSA) is 69.7 Å². The number of carbonyl (C=O) groups excluding carboxylic acids is 3. The van der Waals surface area contributed by atoms with Gasteiger partial charge in [0.2, 0.25) is 11.8 Å². The lowest BCUT2D eigenvalue weighted by Gasteiger charge is -2.37. The lowest BCUT2D eigenvalue weighted by atomic mass is 9.88. The van der Waals surface area contributed by atoms with Gasteiger partial charge < -0.3 is 15.1 Å². The van der Waals surface area contributed by atoms with Crippen LogP contribution in [0.3, 0.4) is 0 Å². The minimum atomic E-state index is -0.559. The summed E-state index contributed by atoms with van der Waals surface area (Å²) in [5.74, 6) is -0.180. The van der Waals surface area contributed by atoms with Gasteiger partial charge in [-0.3, -0.25) is 14.4 Å². The van der Waals surface area contributed by atoms with E-state index in [0.717, 1.165) is 0 Å². The number of likely N-dealkylation sites (tertiary alicyclic amines) is 1. The van der Waals surface area contributed by atoms with Gasteiger partial charge in [-0.15, -0.1) is 0 Å². The highest BCUT2D eigenvalue weighted by Gasteiger charge is 2.35. The molecular formula is C20H29N3O3. The van der Waals surface area contributed by atoms with Crippen LogP contribution in [-0.2, 0) is 9.59 Å². The molecule has 0 radical (unpaired) electrons. The first-order chi connectivity index (χ1) is 12.5. The van der Waals surface area contributed by atoms with Crippen LogP contribution in [0.4, 0.5) is 0 Å². The van der Waals surface area contributed by atoms with Crippen molar-refractivity contribution >= 4 is 17.7 Å². The highest BCUT2D eigenvalue weighted by atomic mass is 16.2. The van der Waals surface area contributed by atoms with Crippen LogP contribution < -0.4 is 5.32 Å². The Bertz CT molecular complexity index is 620. The van der Waals surface area contributed by atoms with Crippen molar-refractivity contribution in [2.45, 2.75) is 39.7 Å². The minimum absolute atomic E-state index is 0.0337. The number of carbonyl (C=O) groups is 3. The molecule has 0 saturated carbocycles. The molecule has 26 heavy (non-hydrogen) atoms. The number of piperidine rings is 1. The Morgan fingerprint density at radius 1 is 1.12 bits per heavy atom. The smallest absolute Gasteiger partial charge is 0.251 e. The molecule has 142 valence electrons. The molecule has 1 aliphatic rings. The number of likely N-dealkylation sites (N-methyl/N-ethyl adjacent to an activating group) is 1. The summed E-state index contributed by atoms with van der Waals surface area (Å²) in [6, 6.07) is 8.39. The zero-order valence-corrected chi connectivity index (χ0v) is 15.9. The van der Waals surface area contributed by atoms with E-state index < -0.39 is 6.04 Å². The molecule has 6 nitrogen and oxygen atoms in total. The Kier molecular flexibility index (Phi) is 7.18. The molecule has 1 aromatic carbocycles. The van der Waals surface area contributed by atoms with Gasteiger partial charge in [-0.1, -0.05) is 18.2 Å². The van der Waals surface area contributed by atoms with Crippen LogP contribution in [0.25, 0.3) is 0 Å². The predicted molar refractivity (Wildman–Crippen MR) is 101 cm³/mol. The fraction of sp³-hybridized carbons (Fsp3) is 0.550. The van der Waals surface area contributed by atoms with Crippen LogP contribution >= 0.6 is 0 Å². The van der Waals surface area contributed by atoms with Gasteiger partial charge in [-0.05, 0) is 44.7 Å². The fourth-order valence-corrected chi connectivity index (χ4v) is 3.47. The summed E-state index contributed by atoms with van der Waals surface area (Å²) in [5.41, 5.74) is 0.547. The highest BCUT2D eigenvalue weighted by Crippen LogP contribution is 2.23. The number of rotatable bonds is 6. The zero-order chi connectivity index (χ0) is 19.1. The van der Waals surface area contributed by atoms with Crippen molar-refractivity contribution < 1.29 is 14.4 Å². The minimum Gasteiger partial charge on any atom is -0.343 e. The maximum Gasteiger partial charge on any atom is 0.251 e. The van der Waals surface area contributed by atoms with E-state index in [9.17, 15) is 14.4 Å². The molecule has 0 aliphatic carbocycles. The lowest BCUT2D eigenvalue weighted by Crippen LogP contribution is -2.54. The summed E-state index contributed by atoms with van der Waals surface area (Å²) in [7, 11) is 0. The summed E-state index contributed by atoms with van der Waals surface area (Å²) >= 11 is 0. The maximum atomic E-state index is 13.0. The molecule has 1 aliphatic heterocycles. The Labute approximate surface area is 155 Å². The van der Waals surface area contributed by atoms with E-state index in [1.54, 1.807) is 28.9 Å². The SMILES string of the molecule is CCN(CC)C(=O)C(NC(=O)c1ccccc1)C1CCN(C(C)=O)CC1. The van der Waals surface area contributed by atoms with Crippen molar-refractivity contribution in [1.29, 1.82) is 0 Å². The van der Waals surface area contributed by atoms with E-state index in [2.05, 4.69) is 5.32 Å². The summed E-state index contributed by atoms with van der Waals surface area (Å²) < 4.78 is 0. The summed E-state index contributed by atoms with van der Waals surface area (Å²) in [4.78, 5) is 40.8. The zero-order valence-electron chi connectivity index (χ0n) is 15.9. The molecule has 1 saturated heterocycles. The van der Waals surface area contributed by atoms with Crippen molar-refractivity contribution in [3.05, 3.63) is 35.9 Å². The molecule has 1 unspecified atom stereocenters. The molecule has 1 heterocycles. The molecule has 0 aromatic heterocycles. The lowest BCUT2D eigenvalue weighted by molar-refractivity contribution is -0.135. The number of benzene rings is 1. The number of nitrogens with zero attached hydrogens (tertiary/aromatic N) is 2. The second-order valence-corrected chi connectivity index (χ2v) is 6.67. The average molecular weight is 359 g/mol. The average Bonchev–Trinajstić information content (AvgIpc) is 2.67. The summed E-state index contributed by atoms with van der Waals surface area (Å²) in [5, 5.41) is 2.96. The molecule has 1 aromatic rings. The quantitative estimate of drug-likeness (QED) is 0.843. The Morgan fingerprint density at radius 2 is 1.69 bits per heavy atom. The largest absolute Gasteiger partial charge is 0.343 e. The van der Waals surface area contributed by atoms with E-state index in [-0.39, 0.29) is 23.6 Å². The van der Waals surface area contributed by atoms with E-state index in [4.69, 9.17) is 0 Å². The van der Waals surface area contributed by atoms with Crippen LogP contribution in [0.2, 0.25) is 0 Å². The number of hydrogen-bond donors (Lipinski definition) is 1. The van der Waals surface area contributed by atoms with Crippen molar-refractivity contribution in [2.75, 3.05) is 26.2 Å². The van der Waals surface area contributed by atoms with Crippen molar-refractivity contribution in [1.82, 2.24) is 15.1 Å². The van der Waals surface area contributed by atoms with Gasteiger partial charge in [0.1, 0.15) is 6.04 Å².